The smallest absolute Gasteiger partial charge is 0.693 e. The van der Waals surface area contributed by atoms with Gasteiger partial charge < -0.3 is 27.2 Å². The molecule has 0 spiro atoms. The van der Waals surface area contributed by atoms with Crippen molar-refractivity contribution < 1.29 is 21.1 Å². The van der Waals surface area contributed by atoms with Gasteiger partial charge >= 0.3 is 21.1 Å². The Morgan fingerprint density at radius 2 is 0.667 bits per heavy atom. The molecule has 2 nitrogen and oxygen atoms in total. The number of rotatable bonds is 0. The van der Waals surface area contributed by atoms with Crippen molar-refractivity contribution in [3.8, 4) is 0 Å². The molecule has 12 heavy (non-hydrogen) atoms. The van der Waals surface area contributed by atoms with Gasteiger partial charge in [0, 0.05) is 0 Å². The van der Waals surface area contributed by atoms with E-state index in [1.165, 1.54) is 6.42 Å². The average molecular weight is 361 g/mol. The normalized spacial score (nSPS) is 2.50. The van der Waals surface area contributed by atoms with Gasteiger partial charge in [-0.1, -0.05) is 48.0 Å². The predicted octanol–water partition coefficient (Wildman–Crippen LogP) is 5.80. The molecular weight excluding hydrogens is 331 g/mol. The molecule has 0 aliphatic carbocycles. The molecule has 86 valence electrons. The second-order valence-electron chi connectivity index (χ2n) is 0.707. The summed E-state index contributed by atoms with van der Waals surface area (Å²) < 4.78 is 0. The first-order chi connectivity index (χ1) is 3.41. The molecule has 0 aliphatic heterocycles. The van der Waals surface area contributed by atoms with Crippen molar-refractivity contribution in [1.82, 2.24) is 0 Å². The average Bonchev–Trinajstić information content (AvgIpc) is 1.78. The Balaban J connectivity index is -0.00000000281. The van der Waals surface area contributed by atoms with Gasteiger partial charge in [0.15, 0.2) is 0 Å². The minimum absolute atomic E-state index is 0. The molecule has 0 fully saturated rings. The number of hydrogen-bond acceptors (Lipinski definition) is 0. The first kappa shape index (κ1) is 80.0. The van der Waals surface area contributed by atoms with Crippen molar-refractivity contribution in [2.75, 3.05) is 0 Å². The molecule has 0 aromatic rings. The van der Waals surface area contributed by atoms with Crippen LogP contribution in [-0.4, -0.2) is 0 Å². The Bertz CT molecular complexity index is 12.5. The second-order valence-corrected chi connectivity index (χ2v) is 0.707. The van der Waals surface area contributed by atoms with Crippen LogP contribution in [-0.2, 0) is 21.1 Å². The maximum absolute atomic E-state index is 2.12. The van der Waals surface area contributed by atoms with E-state index in [2.05, 4.69) is 13.8 Å². The first-order valence-corrected chi connectivity index (χ1v) is 3.41. The zero-order valence-electron chi connectivity index (χ0n) is 10.2. The summed E-state index contributed by atoms with van der Waals surface area (Å²) in [5.74, 6) is 0. The SMILES string of the molecule is CC.CC.CCC.[CH3-].[CH3-].[NH2-].[NH2-].[Pt+4]. The van der Waals surface area contributed by atoms with E-state index in [9.17, 15) is 0 Å². The summed E-state index contributed by atoms with van der Waals surface area (Å²) in [7, 11) is 0. The molecule has 4 N–H and O–H groups in total. The van der Waals surface area contributed by atoms with E-state index in [0.717, 1.165) is 0 Å². The fourth-order valence-corrected chi connectivity index (χ4v) is 0. The van der Waals surface area contributed by atoms with Crippen LogP contribution < -0.4 is 0 Å². The summed E-state index contributed by atoms with van der Waals surface area (Å²) in [6, 6.07) is 0. The fourth-order valence-electron chi connectivity index (χ4n) is 0. The van der Waals surface area contributed by atoms with Crippen LogP contribution in [0, 0.1) is 14.9 Å². The third kappa shape index (κ3) is 2650. The Kier molecular flexibility index (Phi) is 3370. The third-order valence-corrected chi connectivity index (χ3v) is 0. The van der Waals surface area contributed by atoms with Crippen LogP contribution in [0.2, 0.25) is 0 Å². The summed E-state index contributed by atoms with van der Waals surface area (Å²) >= 11 is 0. The molecule has 0 heterocycles. The molecule has 0 aromatic heterocycles. The monoisotopic (exact) mass is 361 g/mol. The van der Waals surface area contributed by atoms with E-state index < -0.39 is 0 Å². The van der Waals surface area contributed by atoms with Gasteiger partial charge in [-0.15, -0.1) is 0 Å². The van der Waals surface area contributed by atoms with Gasteiger partial charge in [0.2, 0.25) is 0 Å². The molecule has 0 unspecified atom stereocenters. The van der Waals surface area contributed by atoms with Crippen LogP contribution in [0.5, 0.6) is 0 Å². The number of nitrogens with two attached hydrogens (primary N) is 2. The topological polar surface area (TPSA) is 67.0 Å². The second kappa shape index (κ2) is 505. The van der Waals surface area contributed by atoms with Crippen LogP contribution in [0.25, 0.3) is 12.3 Å². The molecule has 0 radical (unpaired) electrons. The molecule has 3 heteroatoms. The standard InChI is InChI=1S/C3H8.2C2H6.2CH3.2H2N.Pt/c1-3-2;2*1-2;;;;;/h3H2,1-2H3;2*1-2H3;2*1H3;2*1H2;/q;;;4*-1;+4. The minimum Gasteiger partial charge on any atom is -0.693 e. The first-order valence-electron chi connectivity index (χ1n) is 3.41. The minimum atomic E-state index is 0. The quantitative estimate of drug-likeness (QED) is 0.489. The summed E-state index contributed by atoms with van der Waals surface area (Å²) in [5.41, 5.74) is 0. The molecule has 0 aromatic carbocycles. The van der Waals surface area contributed by atoms with Crippen LogP contribution in [0.15, 0.2) is 0 Å². The van der Waals surface area contributed by atoms with Gasteiger partial charge in [-0.3, -0.25) is 0 Å². The van der Waals surface area contributed by atoms with Crippen LogP contribution in [0.1, 0.15) is 48.0 Å². The van der Waals surface area contributed by atoms with Gasteiger partial charge in [0.25, 0.3) is 0 Å². The van der Waals surface area contributed by atoms with Crippen molar-refractivity contribution in [2.45, 2.75) is 48.0 Å². The molecule has 0 atom stereocenters. The Morgan fingerprint density at radius 3 is 0.667 bits per heavy atom. The van der Waals surface area contributed by atoms with E-state index in [0.29, 0.717) is 0 Å². The van der Waals surface area contributed by atoms with Crippen molar-refractivity contribution in [1.29, 1.82) is 0 Å². The van der Waals surface area contributed by atoms with Crippen LogP contribution in [0.3, 0.4) is 0 Å². The van der Waals surface area contributed by atoms with Gasteiger partial charge in [0.1, 0.15) is 0 Å². The summed E-state index contributed by atoms with van der Waals surface area (Å²) in [6.45, 7) is 12.2. The molecule has 0 saturated heterocycles. The Morgan fingerprint density at radius 1 is 0.667 bits per heavy atom. The predicted molar refractivity (Wildman–Crippen MR) is 62.1 cm³/mol. The third-order valence-electron chi connectivity index (χ3n) is 0. The molecule has 0 saturated carbocycles. The van der Waals surface area contributed by atoms with Crippen LogP contribution in [0.4, 0.5) is 0 Å². The van der Waals surface area contributed by atoms with E-state index in [1.807, 2.05) is 27.7 Å². The molecular formula is C9H30N2Pt. The van der Waals surface area contributed by atoms with Crippen molar-refractivity contribution in [3.63, 3.8) is 0 Å². The van der Waals surface area contributed by atoms with E-state index >= 15 is 0 Å². The Hall–Kier alpha value is 0.608. The molecule has 0 bridgehead atoms. The van der Waals surface area contributed by atoms with E-state index in [-0.39, 0.29) is 48.2 Å². The molecule has 0 rings (SSSR count). The van der Waals surface area contributed by atoms with Gasteiger partial charge in [-0.25, -0.2) is 0 Å². The summed E-state index contributed by atoms with van der Waals surface area (Å²) in [6.07, 6.45) is 1.25. The van der Waals surface area contributed by atoms with Crippen LogP contribution >= 0.6 is 0 Å². The zero-order chi connectivity index (χ0) is 6.71. The number of hydrogen-bond donors (Lipinski definition) is 0. The zero-order valence-corrected chi connectivity index (χ0v) is 12.5. The molecule has 0 aliphatic rings. The van der Waals surface area contributed by atoms with E-state index in [1.54, 1.807) is 0 Å². The summed E-state index contributed by atoms with van der Waals surface area (Å²) in [4.78, 5) is 0. The van der Waals surface area contributed by atoms with Gasteiger partial charge in [-0.05, 0) is 0 Å². The van der Waals surface area contributed by atoms with Gasteiger partial charge in [0.05, 0.1) is 0 Å². The maximum atomic E-state index is 2.12. The van der Waals surface area contributed by atoms with Crippen molar-refractivity contribution >= 4 is 0 Å². The van der Waals surface area contributed by atoms with E-state index in [4.69, 9.17) is 0 Å². The van der Waals surface area contributed by atoms with Crippen molar-refractivity contribution in [2.24, 2.45) is 0 Å². The van der Waals surface area contributed by atoms with Crippen molar-refractivity contribution in [3.05, 3.63) is 27.2 Å². The largest absolute Gasteiger partial charge is 4.00 e. The van der Waals surface area contributed by atoms with Gasteiger partial charge in [-0.2, -0.15) is 0 Å². The summed E-state index contributed by atoms with van der Waals surface area (Å²) in [5, 5.41) is 0. The Labute approximate surface area is 96.3 Å². The fraction of sp³-hybridized carbons (Fsp3) is 0.778. The maximum Gasteiger partial charge on any atom is 4.00 e. The molecule has 0 amide bonds.